The van der Waals surface area contributed by atoms with Gasteiger partial charge in [0.05, 0.1) is 17.5 Å². The van der Waals surface area contributed by atoms with Crippen molar-refractivity contribution in [1.82, 2.24) is 19.8 Å². The number of amides is 1. The first kappa shape index (κ1) is 17.2. The molecule has 2 rings (SSSR count). The van der Waals surface area contributed by atoms with Crippen molar-refractivity contribution in [1.29, 1.82) is 0 Å². The van der Waals surface area contributed by atoms with E-state index in [9.17, 15) is 13.2 Å². The number of nitrogens with one attached hydrogen (secondary N) is 2. The molecular weight excluding hydrogens is 316 g/mol. The molecule has 23 heavy (non-hydrogen) atoms. The van der Waals surface area contributed by atoms with Crippen molar-refractivity contribution >= 4 is 15.9 Å². The summed E-state index contributed by atoms with van der Waals surface area (Å²) in [6.45, 7) is 2.20. The molecule has 8 heteroatoms. The predicted octanol–water partition coefficient (Wildman–Crippen LogP) is 0.708. The van der Waals surface area contributed by atoms with Crippen LogP contribution < -0.4 is 10.0 Å². The van der Waals surface area contributed by atoms with Crippen LogP contribution in [0.1, 0.15) is 27.2 Å². The molecule has 7 nitrogen and oxygen atoms in total. The Labute approximate surface area is 135 Å². The van der Waals surface area contributed by atoms with Crippen molar-refractivity contribution in [2.75, 3.05) is 7.05 Å². The van der Waals surface area contributed by atoms with E-state index in [1.165, 1.54) is 13.2 Å². The van der Waals surface area contributed by atoms with E-state index in [1.807, 2.05) is 6.92 Å². The van der Waals surface area contributed by atoms with Crippen LogP contribution in [-0.4, -0.2) is 31.2 Å². The third-order valence-electron chi connectivity index (χ3n) is 3.62. The highest BCUT2D eigenvalue weighted by Crippen LogP contribution is 2.09. The van der Waals surface area contributed by atoms with Gasteiger partial charge in [0.2, 0.25) is 10.0 Å². The standard InChI is InChI=1S/C15H20N4O3S/c1-11-14(9-18-19(11)3)15(20)17-8-12-4-6-13(7-5-12)10-23(21,22)16-2/h4-7,9,16H,8,10H2,1-3H3,(H,17,20). The number of sulfonamides is 1. The van der Waals surface area contributed by atoms with E-state index in [2.05, 4.69) is 15.1 Å². The second kappa shape index (κ2) is 6.93. The normalized spacial score (nSPS) is 11.4. The molecular formula is C15H20N4O3S. The molecule has 124 valence electrons. The van der Waals surface area contributed by atoms with Crippen LogP contribution in [-0.2, 0) is 29.4 Å². The molecule has 0 saturated carbocycles. The van der Waals surface area contributed by atoms with Gasteiger partial charge in [0.25, 0.3) is 5.91 Å². The minimum atomic E-state index is -3.28. The lowest BCUT2D eigenvalue weighted by Crippen LogP contribution is -2.23. The fraction of sp³-hybridized carbons (Fsp3) is 0.333. The highest BCUT2D eigenvalue weighted by atomic mass is 32.2. The topological polar surface area (TPSA) is 93.1 Å². The molecule has 2 N–H and O–H groups in total. The maximum absolute atomic E-state index is 12.1. The second-order valence-corrected chi connectivity index (χ2v) is 7.16. The maximum Gasteiger partial charge on any atom is 0.255 e. The van der Waals surface area contributed by atoms with E-state index in [0.29, 0.717) is 17.7 Å². The first-order valence-corrected chi connectivity index (χ1v) is 8.73. The zero-order chi connectivity index (χ0) is 17.0. The fourth-order valence-electron chi connectivity index (χ4n) is 2.04. The van der Waals surface area contributed by atoms with Crippen molar-refractivity contribution in [3.05, 3.63) is 52.8 Å². The zero-order valence-corrected chi connectivity index (χ0v) is 14.1. The Morgan fingerprint density at radius 3 is 2.35 bits per heavy atom. The first-order chi connectivity index (χ1) is 10.8. The van der Waals surface area contributed by atoms with Gasteiger partial charge in [0.1, 0.15) is 0 Å². The Balaban J connectivity index is 1.96. The van der Waals surface area contributed by atoms with E-state index >= 15 is 0 Å². The number of carbonyl (C=O) groups is 1. The molecule has 0 atom stereocenters. The van der Waals surface area contributed by atoms with E-state index < -0.39 is 10.0 Å². The van der Waals surface area contributed by atoms with Crippen molar-refractivity contribution in [3.63, 3.8) is 0 Å². The van der Waals surface area contributed by atoms with Gasteiger partial charge in [-0.15, -0.1) is 0 Å². The van der Waals surface area contributed by atoms with Crippen LogP contribution in [0.2, 0.25) is 0 Å². The number of carbonyl (C=O) groups excluding carboxylic acids is 1. The fourth-order valence-corrected chi connectivity index (χ4v) is 2.82. The average Bonchev–Trinajstić information content (AvgIpc) is 2.86. The summed E-state index contributed by atoms with van der Waals surface area (Å²) in [5, 5.41) is 6.86. The Bertz CT molecular complexity index is 795. The molecule has 0 saturated heterocycles. The number of hydrogen-bond donors (Lipinski definition) is 2. The molecule has 0 aliphatic heterocycles. The molecule has 1 heterocycles. The van der Waals surface area contributed by atoms with Gasteiger partial charge in [0, 0.05) is 19.3 Å². The van der Waals surface area contributed by atoms with Crippen LogP contribution in [0, 0.1) is 6.92 Å². The molecule has 1 aromatic carbocycles. The van der Waals surface area contributed by atoms with E-state index in [-0.39, 0.29) is 11.7 Å². The monoisotopic (exact) mass is 336 g/mol. The SMILES string of the molecule is CNS(=O)(=O)Cc1ccc(CNC(=O)c2cnn(C)c2C)cc1. The van der Waals surface area contributed by atoms with Crippen LogP contribution in [0.25, 0.3) is 0 Å². The zero-order valence-electron chi connectivity index (χ0n) is 13.3. The molecule has 2 aromatic rings. The number of benzene rings is 1. The van der Waals surface area contributed by atoms with Gasteiger partial charge in [-0.1, -0.05) is 24.3 Å². The number of nitrogens with zero attached hydrogens (tertiary/aromatic N) is 2. The lowest BCUT2D eigenvalue weighted by atomic mass is 10.1. The van der Waals surface area contributed by atoms with Gasteiger partial charge >= 0.3 is 0 Å². The molecule has 0 radical (unpaired) electrons. The average molecular weight is 336 g/mol. The van der Waals surface area contributed by atoms with Gasteiger partial charge in [-0.2, -0.15) is 5.10 Å². The summed E-state index contributed by atoms with van der Waals surface area (Å²) in [6, 6.07) is 7.09. The quantitative estimate of drug-likeness (QED) is 0.812. The summed E-state index contributed by atoms with van der Waals surface area (Å²) in [5.74, 6) is -0.247. The number of aryl methyl sites for hydroxylation is 1. The van der Waals surface area contributed by atoms with Gasteiger partial charge in [-0.25, -0.2) is 13.1 Å². The summed E-state index contributed by atoms with van der Waals surface area (Å²) in [5.41, 5.74) is 2.93. The number of rotatable bonds is 6. The van der Waals surface area contributed by atoms with E-state index in [1.54, 1.807) is 36.0 Å². The lowest BCUT2D eigenvalue weighted by molar-refractivity contribution is 0.0950. The van der Waals surface area contributed by atoms with Crippen LogP contribution >= 0.6 is 0 Å². The predicted molar refractivity (Wildman–Crippen MR) is 87.2 cm³/mol. The molecule has 0 spiro atoms. The van der Waals surface area contributed by atoms with E-state index in [4.69, 9.17) is 0 Å². The molecule has 1 amide bonds. The highest BCUT2D eigenvalue weighted by Gasteiger charge is 2.12. The highest BCUT2D eigenvalue weighted by molar-refractivity contribution is 7.88. The van der Waals surface area contributed by atoms with Crippen molar-refractivity contribution in [3.8, 4) is 0 Å². The second-order valence-electron chi connectivity index (χ2n) is 5.23. The lowest BCUT2D eigenvalue weighted by Gasteiger charge is -2.07. The Morgan fingerprint density at radius 1 is 1.22 bits per heavy atom. The minimum Gasteiger partial charge on any atom is -0.348 e. The van der Waals surface area contributed by atoms with Gasteiger partial charge in [-0.05, 0) is 25.1 Å². The Morgan fingerprint density at radius 2 is 1.83 bits per heavy atom. The summed E-state index contributed by atoms with van der Waals surface area (Å²) in [4.78, 5) is 12.1. The Kier molecular flexibility index (Phi) is 5.17. The molecule has 0 aliphatic carbocycles. The number of aromatic nitrogens is 2. The van der Waals surface area contributed by atoms with Crippen LogP contribution in [0.3, 0.4) is 0 Å². The van der Waals surface area contributed by atoms with Crippen molar-refractivity contribution in [2.24, 2.45) is 7.05 Å². The molecule has 1 aromatic heterocycles. The number of hydrogen-bond acceptors (Lipinski definition) is 4. The van der Waals surface area contributed by atoms with Crippen LogP contribution in [0.5, 0.6) is 0 Å². The van der Waals surface area contributed by atoms with Gasteiger partial charge < -0.3 is 5.32 Å². The van der Waals surface area contributed by atoms with Crippen LogP contribution in [0.15, 0.2) is 30.5 Å². The summed E-state index contributed by atoms with van der Waals surface area (Å²) < 4.78 is 26.9. The minimum absolute atomic E-state index is 0.0645. The molecule has 0 aliphatic rings. The first-order valence-electron chi connectivity index (χ1n) is 7.08. The van der Waals surface area contributed by atoms with Gasteiger partial charge in [0.15, 0.2) is 0 Å². The maximum atomic E-state index is 12.1. The smallest absolute Gasteiger partial charge is 0.255 e. The van der Waals surface area contributed by atoms with E-state index in [0.717, 1.165) is 11.3 Å². The summed E-state index contributed by atoms with van der Waals surface area (Å²) in [6.07, 6.45) is 1.54. The Hall–Kier alpha value is -2.19. The third kappa shape index (κ3) is 4.40. The van der Waals surface area contributed by atoms with Crippen molar-refractivity contribution < 1.29 is 13.2 Å². The largest absolute Gasteiger partial charge is 0.348 e. The van der Waals surface area contributed by atoms with Crippen LogP contribution in [0.4, 0.5) is 0 Å². The van der Waals surface area contributed by atoms with Crippen molar-refractivity contribution in [2.45, 2.75) is 19.2 Å². The molecule has 0 bridgehead atoms. The molecule has 0 fully saturated rings. The summed E-state index contributed by atoms with van der Waals surface area (Å²) in [7, 11) is -0.108. The molecule has 0 unspecified atom stereocenters. The van der Waals surface area contributed by atoms with Gasteiger partial charge in [-0.3, -0.25) is 9.48 Å². The summed E-state index contributed by atoms with van der Waals surface area (Å²) >= 11 is 0. The third-order valence-corrected chi connectivity index (χ3v) is 4.96.